The molecule has 0 rings (SSSR count). The van der Waals surface area contributed by atoms with Crippen molar-refractivity contribution in [3.05, 3.63) is 0 Å². The van der Waals surface area contributed by atoms with Crippen LogP contribution >= 0.6 is 91.3 Å². The van der Waals surface area contributed by atoms with Gasteiger partial charge in [0.25, 0.3) is 0 Å². The summed E-state index contributed by atoms with van der Waals surface area (Å²) in [5.41, 5.74) is -0.848. The van der Waals surface area contributed by atoms with Gasteiger partial charge in [-0.3, -0.25) is 4.79 Å². The van der Waals surface area contributed by atoms with Crippen LogP contribution in [0.4, 0.5) is 0 Å². The normalized spacial score (nSPS) is 16.5. The fraction of sp³-hybridized carbons (Fsp3) is 0.800. The highest BCUT2D eigenvalue weighted by Gasteiger charge is 2.33. The number of hydrogen-bond donors (Lipinski definition) is 0. The highest BCUT2D eigenvalue weighted by atomic mass is 80.0. The average Bonchev–Trinajstić information content (AvgIpc) is 2.01. The maximum Gasteiger partial charge on any atom is 0.322 e. The van der Waals surface area contributed by atoms with Gasteiger partial charge in [-0.2, -0.15) is 0 Å². The van der Waals surface area contributed by atoms with Gasteiger partial charge in [-0.05, 0) is 0 Å². The summed E-state index contributed by atoms with van der Waals surface area (Å²) in [6, 6.07) is 0. The Kier molecular flexibility index (Phi) is 7.79. The Hall–Kier alpha value is 2.16. The second-order valence-corrected chi connectivity index (χ2v) is 11.0. The molecule has 13 heavy (non-hydrogen) atoms. The third-order valence-electron chi connectivity index (χ3n) is 0.868. The largest absolute Gasteiger partial charge is 0.442 e. The summed E-state index contributed by atoms with van der Waals surface area (Å²) >= 11 is 21.4. The van der Waals surface area contributed by atoms with Gasteiger partial charge in [0.05, 0.1) is 0 Å². The molecule has 0 aliphatic carbocycles. The molecule has 0 saturated heterocycles. The lowest BCUT2D eigenvalue weighted by molar-refractivity contribution is -0.143. The van der Waals surface area contributed by atoms with Crippen LogP contribution in [0, 0.1) is 0 Å². The van der Waals surface area contributed by atoms with Gasteiger partial charge in [0, 0.05) is 5.33 Å². The van der Waals surface area contributed by atoms with Crippen LogP contribution in [-0.4, -0.2) is 23.8 Å². The number of ether oxygens (including phenoxy) is 1. The van der Waals surface area contributed by atoms with Crippen LogP contribution in [0.5, 0.6) is 0 Å². The minimum Gasteiger partial charge on any atom is -0.442 e. The van der Waals surface area contributed by atoms with E-state index in [9.17, 15) is 4.79 Å². The smallest absolute Gasteiger partial charge is 0.322 e. The SMILES string of the molecule is O=C(O[C@@H](Cl)C(Br)(Br)Br)[C@H](Br)CBr. The molecule has 0 fully saturated rings. The summed E-state index contributed by atoms with van der Waals surface area (Å²) in [7, 11) is 0. The number of hydrogen-bond acceptors (Lipinski definition) is 2. The topological polar surface area (TPSA) is 26.3 Å². The van der Waals surface area contributed by atoms with Gasteiger partial charge in [-0.15, -0.1) is 0 Å². The Balaban J connectivity index is 4.07. The third-order valence-corrected chi connectivity index (χ3v) is 5.54. The highest BCUT2D eigenvalue weighted by Crippen LogP contribution is 2.40. The van der Waals surface area contributed by atoms with Crippen molar-refractivity contribution in [1.82, 2.24) is 0 Å². The molecular formula is C5H4Br5ClO2. The fourth-order valence-electron chi connectivity index (χ4n) is 0.306. The molecule has 0 bridgehead atoms. The van der Waals surface area contributed by atoms with Crippen molar-refractivity contribution in [2.75, 3.05) is 5.33 Å². The van der Waals surface area contributed by atoms with E-state index in [1.54, 1.807) is 0 Å². The summed E-state index contributed by atoms with van der Waals surface area (Å²) in [5, 5.41) is 0.468. The number of carbonyl (C=O) groups is 1. The van der Waals surface area contributed by atoms with E-state index in [1.807, 2.05) is 0 Å². The van der Waals surface area contributed by atoms with Crippen molar-refractivity contribution in [3.63, 3.8) is 0 Å². The Bertz CT molecular complexity index is 182. The molecule has 2 atom stereocenters. The molecule has 0 radical (unpaired) electrons. The van der Waals surface area contributed by atoms with Crippen LogP contribution in [-0.2, 0) is 9.53 Å². The highest BCUT2D eigenvalue weighted by molar-refractivity contribution is 9.39. The second kappa shape index (κ2) is 6.68. The molecule has 0 aromatic carbocycles. The van der Waals surface area contributed by atoms with Crippen LogP contribution in [0.3, 0.4) is 0 Å². The van der Waals surface area contributed by atoms with E-state index in [1.165, 1.54) is 0 Å². The average molecular weight is 531 g/mol. The molecule has 8 heteroatoms. The first-order valence-corrected chi connectivity index (χ1v) is 7.75. The molecule has 0 N–H and O–H groups in total. The van der Waals surface area contributed by atoms with E-state index in [0.29, 0.717) is 5.33 Å². The van der Waals surface area contributed by atoms with Gasteiger partial charge in [0.1, 0.15) is 4.83 Å². The first-order valence-electron chi connectivity index (χ1n) is 2.90. The predicted molar refractivity (Wildman–Crippen MR) is 71.8 cm³/mol. The van der Waals surface area contributed by atoms with Gasteiger partial charge in [0.15, 0.2) is 2.14 Å². The Morgan fingerprint density at radius 1 is 1.46 bits per heavy atom. The second-order valence-electron chi connectivity index (χ2n) is 1.92. The van der Waals surface area contributed by atoms with E-state index < -0.39 is 18.5 Å². The van der Waals surface area contributed by atoms with E-state index in [2.05, 4.69) is 79.6 Å². The quantitative estimate of drug-likeness (QED) is 0.406. The summed E-state index contributed by atoms with van der Waals surface area (Å²) in [6.45, 7) is 0. The third kappa shape index (κ3) is 6.35. The Morgan fingerprint density at radius 3 is 2.23 bits per heavy atom. The number of halogens is 6. The van der Waals surface area contributed by atoms with Gasteiger partial charge in [0.2, 0.25) is 5.56 Å². The standard InChI is InChI=1S/C5H4Br5ClO2/c6-1-2(7)3(12)13-4(11)5(8,9)10/h2,4H,1H2/t2-,4-/m1/s1. The summed E-state index contributed by atoms with van der Waals surface area (Å²) < 4.78 is 4.07. The molecule has 0 amide bonds. The summed E-state index contributed by atoms with van der Waals surface area (Å²) in [4.78, 5) is 10.8. The van der Waals surface area contributed by atoms with Crippen LogP contribution < -0.4 is 0 Å². The first-order chi connectivity index (χ1) is 5.79. The molecule has 0 aromatic heterocycles. The molecule has 78 valence electrons. The number of alkyl halides is 6. The maximum atomic E-state index is 11.2. The van der Waals surface area contributed by atoms with Gasteiger partial charge in [-0.1, -0.05) is 91.3 Å². The first kappa shape index (κ1) is 15.2. The zero-order chi connectivity index (χ0) is 10.6. The van der Waals surface area contributed by atoms with Gasteiger partial charge < -0.3 is 4.74 Å². The maximum absolute atomic E-state index is 11.2. The van der Waals surface area contributed by atoms with Crippen molar-refractivity contribution in [2.45, 2.75) is 12.5 Å². The van der Waals surface area contributed by atoms with Gasteiger partial charge >= 0.3 is 5.97 Å². The Labute approximate surface area is 123 Å². The van der Waals surface area contributed by atoms with Crippen LogP contribution in [0.2, 0.25) is 0 Å². The summed E-state index contributed by atoms with van der Waals surface area (Å²) in [5.74, 6) is -0.431. The Morgan fingerprint density at radius 2 is 1.92 bits per heavy atom. The van der Waals surface area contributed by atoms with Crippen LogP contribution in [0.1, 0.15) is 0 Å². The van der Waals surface area contributed by atoms with E-state index in [-0.39, 0.29) is 0 Å². The van der Waals surface area contributed by atoms with Crippen LogP contribution in [0.25, 0.3) is 0 Å². The lowest BCUT2D eigenvalue weighted by Crippen LogP contribution is -2.29. The van der Waals surface area contributed by atoms with E-state index >= 15 is 0 Å². The minimum absolute atomic E-state index is 0.399. The van der Waals surface area contributed by atoms with E-state index in [4.69, 9.17) is 16.3 Å². The number of esters is 1. The molecule has 0 aliphatic heterocycles. The molecule has 2 nitrogen and oxygen atoms in total. The number of carbonyl (C=O) groups excluding carboxylic acids is 1. The monoisotopic (exact) mass is 526 g/mol. The molecule has 0 saturated carbocycles. The molecule has 0 aliphatic rings. The minimum atomic E-state index is -0.848. The lowest BCUT2D eigenvalue weighted by Gasteiger charge is -2.20. The lowest BCUT2D eigenvalue weighted by atomic mass is 10.5. The molecule has 0 heterocycles. The van der Waals surface area contributed by atoms with E-state index in [0.717, 1.165) is 0 Å². The van der Waals surface area contributed by atoms with Crippen molar-refractivity contribution < 1.29 is 9.53 Å². The predicted octanol–water partition coefficient (Wildman–Crippen LogP) is 4.09. The molecular weight excluding hydrogens is 527 g/mol. The summed E-state index contributed by atoms with van der Waals surface area (Å²) in [6.07, 6.45) is 0. The zero-order valence-corrected chi connectivity index (χ0v) is 14.6. The fourth-order valence-corrected chi connectivity index (χ4v) is 1.05. The van der Waals surface area contributed by atoms with Crippen molar-refractivity contribution in [2.24, 2.45) is 0 Å². The van der Waals surface area contributed by atoms with Gasteiger partial charge in [-0.25, -0.2) is 0 Å². The van der Waals surface area contributed by atoms with Crippen LogP contribution in [0.15, 0.2) is 0 Å². The molecule has 0 aromatic rings. The molecule has 0 spiro atoms. The molecule has 0 unspecified atom stereocenters. The zero-order valence-electron chi connectivity index (χ0n) is 5.95. The number of rotatable bonds is 3. The van der Waals surface area contributed by atoms with Crippen molar-refractivity contribution >= 4 is 97.2 Å². The van der Waals surface area contributed by atoms with Crippen molar-refractivity contribution in [1.29, 1.82) is 0 Å². The van der Waals surface area contributed by atoms with Crippen molar-refractivity contribution in [3.8, 4) is 0 Å².